The Bertz CT molecular complexity index is 456. The van der Waals surface area contributed by atoms with Gasteiger partial charge in [-0.25, -0.2) is 0 Å². The molecule has 4 nitrogen and oxygen atoms in total. The largest absolute Gasteiger partial charge is 0.347 e. The van der Waals surface area contributed by atoms with Crippen LogP contribution in [0.15, 0.2) is 30.3 Å². The number of benzene rings is 1. The summed E-state index contributed by atoms with van der Waals surface area (Å²) in [5.41, 5.74) is 0.654. The number of rotatable bonds is 2. The monoisotopic (exact) mass is 260 g/mol. The zero-order valence-electron chi connectivity index (χ0n) is 11.5. The van der Waals surface area contributed by atoms with E-state index in [-0.39, 0.29) is 17.9 Å². The molecule has 4 heteroatoms. The number of nitrogens with zero attached hydrogens (tertiary/aromatic N) is 2. The predicted molar refractivity (Wildman–Crippen MR) is 73.8 cm³/mol. The smallest absolute Gasteiger partial charge is 0.254 e. The highest BCUT2D eigenvalue weighted by Crippen LogP contribution is 2.20. The Morgan fingerprint density at radius 2 is 1.84 bits per heavy atom. The van der Waals surface area contributed by atoms with Gasteiger partial charge in [-0.05, 0) is 31.4 Å². The summed E-state index contributed by atoms with van der Waals surface area (Å²) in [6.07, 6.45) is 2.73. The summed E-state index contributed by atoms with van der Waals surface area (Å²) in [4.78, 5) is 28.0. The summed E-state index contributed by atoms with van der Waals surface area (Å²) in [7, 11) is 3.48. The van der Waals surface area contributed by atoms with Crippen LogP contribution >= 0.6 is 0 Å². The highest BCUT2D eigenvalue weighted by molar-refractivity contribution is 5.97. The molecule has 1 fully saturated rings. The maximum Gasteiger partial charge on any atom is 0.254 e. The second kappa shape index (κ2) is 5.87. The van der Waals surface area contributed by atoms with Gasteiger partial charge in [0.2, 0.25) is 5.91 Å². The van der Waals surface area contributed by atoms with Crippen molar-refractivity contribution in [3.05, 3.63) is 35.9 Å². The fourth-order valence-corrected chi connectivity index (χ4v) is 2.48. The molecule has 1 aromatic rings. The highest BCUT2D eigenvalue weighted by atomic mass is 16.2. The molecule has 1 aromatic carbocycles. The molecule has 1 saturated heterocycles. The van der Waals surface area contributed by atoms with E-state index in [9.17, 15) is 9.59 Å². The molecule has 0 radical (unpaired) electrons. The number of amides is 2. The van der Waals surface area contributed by atoms with E-state index >= 15 is 0 Å². The Morgan fingerprint density at radius 1 is 1.16 bits per heavy atom. The van der Waals surface area contributed by atoms with Crippen molar-refractivity contribution in [3.8, 4) is 0 Å². The van der Waals surface area contributed by atoms with Crippen molar-refractivity contribution < 1.29 is 9.59 Å². The normalized spacial score (nSPS) is 19.1. The Morgan fingerprint density at radius 3 is 2.47 bits per heavy atom. The molecule has 2 amide bonds. The van der Waals surface area contributed by atoms with Gasteiger partial charge in [-0.1, -0.05) is 18.2 Å². The maximum atomic E-state index is 12.5. The molecule has 102 valence electrons. The second-order valence-electron chi connectivity index (χ2n) is 5.11. The standard InChI is InChI=1S/C15H20N2O2/c1-16(2)15(19)13-10-6-7-11-17(13)14(18)12-8-4-3-5-9-12/h3-5,8-9,13H,6-7,10-11H2,1-2H3. The molecule has 1 aliphatic rings. The van der Waals surface area contributed by atoms with Crippen LogP contribution in [0.5, 0.6) is 0 Å². The minimum atomic E-state index is -0.309. The number of carbonyl (C=O) groups is 2. The van der Waals surface area contributed by atoms with Crippen LogP contribution in [0.2, 0.25) is 0 Å². The molecular weight excluding hydrogens is 240 g/mol. The van der Waals surface area contributed by atoms with E-state index in [1.54, 1.807) is 36.0 Å². The number of hydrogen-bond donors (Lipinski definition) is 0. The first-order valence-corrected chi connectivity index (χ1v) is 6.68. The molecule has 19 heavy (non-hydrogen) atoms. The SMILES string of the molecule is CN(C)C(=O)C1CCCCN1C(=O)c1ccccc1. The summed E-state index contributed by atoms with van der Waals surface area (Å²) < 4.78 is 0. The van der Waals surface area contributed by atoms with Crippen LogP contribution in [0.3, 0.4) is 0 Å². The first-order chi connectivity index (χ1) is 9.11. The third-order valence-electron chi connectivity index (χ3n) is 3.51. The van der Waals surface area contributed by atoms with Crippen LogP contribution in [-0.4, -0.2) is 48.3 Å². The number of likely N-dealkylation sites (tertiary alicyclic amines) is 1. The second-order valence-corrected chi connectivity index (χ2v) is 5.11. The van der Waals surface area contributed by atoms with E-state index in [1.165, 1.54) is 0 Å². The number of likely N-dealkylation sites (N-methyl/N-ethyl adjacent to an activating group) is 1. The first kappa shape index (κ1) is 13.6. The fraction of sp³-hybridized carbons (Fsp3) is 0.467. The van der Waals surface area contributed by atoms with Gasteiger partial charge in [0.1, 0.15) is 6.04 Å². The molecule has 2 rings (SSSR count). The lowest BCUT2D eigenvalue weighted by Crippen LogP contribution is -2.51. The summed E-state index contributed by atoms with van der Waals surface area (Å²) in [6.45, 7) is 0.665. The van der Waals surface area contributed by atoms with Gasteiger partial charge < -0.3 is 9.80 Å². The summed E-state index contributed by atoms with van der Waals surface area (Å²) in [5, 5.41) is 0. The van der Waals surface area contributed by atoms with Gasteiger partial charge in [-0.2, -0.15) is 0 Å². The van der Waals surface area contributed by atoms with Crippen LogP contribution in [0.4, 0.5) is 0 Å². The van der Waals surface area contributed by atoms with E-state index in [0.29, 0.717) is 12.1 Å². The third kappa shape index (κ3) is 2.95. The van der Waals surface area contributed by atoms with Gasteiger partial charge in [-0.3, -0.25) is 9.59 Å². The minimum Gasteiger partial charge on any atom is -0.347 e. The fourth-order valence-electron chi connectivity index (χ4n) is 2.48. The van der Waals surface area contributed by atoms with E-state index < -0.39 is 0 Å². The molecular formula is C15H20N2O2. The number of piperidine rings is 1. The highest BCUT2D eigenvalue weighted by Gasteiger charge is 2.33. The zero-order chi connectivity index (χ0) is 13.8. The Hall–Kier alpha value is -1.84. The van der Waals surface area contributed by atoms with Crippen molar-refractivity contribution in [2.24, 2.45) is 0 Å². The topological polar surface area (TPSA) is 40.6 Å². The maximum absolute atomic E-state index is 12.5. The number of hydrogen-bond acceptors (Lipinski definition) is 2. The Labute approximate surface area is 114 Å². The van der Waals surface area contributed by atoms with E-state index in [4.69, 9.17) is 0 Å². The van der Waals surface area contributed by atoms with Gasteiger partial charge >= 0.3 is 0 Å². The van der Waals surface area contributed by atoms with E-state index in [1.807, 2.05) is 18.2 Å². The molecule has 0 aromatic heterocycles. The van der Waals surface area contributed by atoms with Crippen LogP contribution < -0.4 is 0 Å². The summed E-state index contributed by atoms with van der Waals surface area (Å²) in [5.74, 6) is -0.0236. The summed E-state index contributed by atoms with van der Waals surface area (Å²) >= 11 is 0. The molecule has 0 bridgehead atoms. The van der Waals surface area contributed by atoms with Crippen molar-refractivity contribution in [2.45, 2.75) is 25.3 Å². The van der Waals surface area contributed by atoms with Crippen LogP contribution in [0.25, 0.3) is 0 Å². The van der Waals surface area contributed by atoms with Gasteiger partial charge in [-0.15, -0.1) is 0 Å². The van der Waals surface area contributed by atoms with Crippen molar-refractivity contribution in [1.82, 2.24) is 9.80 Å². The molecule has 1 unspecified atom stereocenters. The molecule has 1 aliphatic heterocycles. The van der Waals surface area contributed by atoms with Gasteiger partial charge in [0.05, 0.1) is 0 Å². The van der Waals surface area contributed by atoms with Crippen molar-refractivity contribution in [2.75, 3.05) is 20.6 Å². The van der Waals surface area contributed by atoms with Crippen LogP contribution in [0, 0.1) is 0 Å². The summed E-state index contributed by atoms with van der Waals surface area (Å²) in [6, 6.07) is 8.87. The average Bonchev–Trinajstić information content (AvgIpc) is 2.46. The number of carbonyl (C=O) groups excluding carboxylic acids is 2. The quantitative estimate of drug-likeness (QED) is 0.813. The van der Waals surface area contributed by atoms with Crippen LogP contribution in [-0.2, 0) is 4.79 Å². The molecule has 0 N–H and O–H groups in total. The third-order valence-corrected chi connectivity index (χ3v) is 3.51. The molecule has 0 saturated carbocycles. The van der Waals surface area contributed by atoms with Crippen molar-refractivity contribution >= 4 is 11.8 Å². The average molecular weight is 260 g/mol. The first-order valence-electron chi connectivity index (χ1n) is 6.68. The molecule has 1 atom stereocenters. The van der Waals surface area contributed by atoms with Crippen molar-refractivity contribution in [3.63, 3.8) is 0 Å². The van der Waals surface area contributed by atoms with Gasteiger partial charge in [0.15, 0.2) is 0 Å². The Kier molecular flexibility index (Phi) is 4.20. The minimum absolute atomic E-state index is 0.0176. The lowest BCUT2D eigenvalue weighted by molar-refractivity contribution is -0.134. The molecule has 0 spiro atoms. The van der Waals surface area contributed by atoms with E-state index in [0.717, 1.165) is 19.3 Å². The van der Waals surface area contributed by atoms with Gasteiger partial charge in [0.25, 0.3) is 5.91 Å². The lowest BCUT2D eigenvalue weighted by Gasteiger charge is -2.36. The molecule has 0 aliphatic carbocycles. The van der Waals surface area contributed by atoms with Gasteiger partial charge in [0, 0.05) is 26.2 Å². The lowest BCUT2D eigenvalue weighted by atomic mass is 9.99. The Balaban J connectivity index is 2.20. The zero-order valence-corrected chi connectivity index (χ0v) is 11.5. The van der Waals surface area contributed by atoms with E-state index in [2.05, 4.69) is 0 Å². The predicted octanol–water partition coefficient (Wildman–Crippen LogP) is 1.77. The molecule has 1 heterocycles. The van der Waals surface area contributed by atoms with Crippen molar-refractivity contribution in [1.29, 1.82) is 0 Å². The van der Waals surface area contributed by atoms with Crippen LogP contribution in [0.1, 0.15) is 29.6 Å².